The lowest BCUT2D eigenvalue weighted by atomic mass is 10.0. The number of H-pyrrole nitrogens is 1. The summed E-state index contributed by atoms with van der Waals surface area (Å²) in [6.07, 6.45) is -0.517. The van der Waals surface area contributed by atoms with Crippen LogP contribution in [0.3, 0.4) is 0 Å². The second kappa shape index (κ2) is 11.4. The number of aromatic amines is 1. The number of carbonyl (C=O) groups is 1. The van der Waals surface area contributed by atoms with Gasteiger partial charge in [0.05, 0.1) is 35.7 Å². The van der Waals surface area contributed by atoms with Crippen LogP contribution in [-0.4, -0.2) is 85.3 Å². The van der Waals surface area contributed by atoms with Crippen molar-refractivity contribution in [3.05, 3.63) is 64.1 Å². The van der Waals surface area contributed by atoms with Crippen LogP contribution in [0.5, 0.6) is 0 Å². The summed E-state index contributed by atoms with van der Waals surface area (Å²) in [4.78, 5) is 41.5. The number of likely N-dealkylation sites (N-methyl/N-ethyl adjacent to an activating group) is 1. The molecule has 1 amide bonds. The fourth-order valence-electron chi connectivity index (χ4n) is 5.00. The molecular weight excluding hydrogens is 546 g/mol. The first-order valence-electron chi connectivity index (χ1n) is 13.0. The van der Waals surface area contributed by atoms with Crippen LogP contribution in [-0.2, 0) is 10.9 Å². The van der Waals surface area contributed by atoms with E-state index < -0.39 is 34.6 Å². The molecule has 2 aliphatic rings. The molecule has 4 heterocycles. The molecular formula is C27H29F4N7O3. The number of nitrogens with one attached hydrogen (secondary N) is 2. The van der Waals surface area contributed by atoms with Crippen LogP contribution in [0, 0.1) is 5.82 Å². The molecule has 2 saturated heterocycles. The first kappa shape index (κ1) is 28.5. The van der Waals surface area contributed by atoms with Crippen molar-refractivity contribution in [1.82, 2.24) is 19.9 Å². The van der Waals surface area contributed by atoms with Gasteiger partial charge in [-0.05, 0) is 32.6 Å². The third kappa shape index (κ3) is 6.17. The summed E-state index contributed by atoms with van der Waals surface area (Å²) in [5.41, 5.74) is -2.29. The first-order valence-corrected chi connectivity index (χ1v) is 13.0. The summed E-state index contributed by atoms with van der Waals surface area (Å²) in [7, 11) is 3.85. The first-order chi connectivity index (χ1) is 19.5. The number of benzene rings is 1. The fourth-order valence-corrected chi connectivity index (χ4v) is 5.00. The number of morpholine rings is 1. The van der Waals surface area contributed by atoms with Gasteiger partial charge in [-0.1, -0.05) is 0 Å². The Kier molecular flexibility index (Phi) is 7.95. The molecule has 2 aromatic heterocycles. The number of nitrogens with zero attached hydrogens (tertiary/aromatic N) is 5. The Bertz CT molecular complexity index is 1470. The van der Waals surface area contributed by atoms with Gasteiger partial charge in [-0.2, -0.15) is 13.2 Å². The van der Waals surface area contributed by atoms with Gasteiger partial charge < -0.3 is 29.7 Å². The number of amides is 1. The maximum absolute atomic E-state index is 15.6. The van der Waals surface area contributed by atoms with Gasteiger partial charge in [0, 0.05) is 68.0 Å². The predicted molar refractivity (Wildman–Crippen MR) is 145 cm³/mol. The average molecular weight is 576 g/mol. The zero-order valence-corrected chi connectivity index (χ0v) is 22.5. The van der Waals surface area contributed by atoms with Gasteiger partial charge in [0.2, 0.25) is 11.5 Å². The number of hydrogen-bond donors (Lipinski definition) is 2. The lowest BCUT2D eigenvalue weighted by Gasteiger charge is -2.27. The molecule has 0 aliphatic carbocycles. The fraction of sp³-hybridized carbons (Fsp3) is 0.407. The zero-order valence-electron chi connectivity index (χ0n) is 22.5. The molecule has 2 N–H and O–H groups in total. The van der Waals surface area contributed by atoms with Gasteiger partial charge in [-0.3, -0.25) is 9.59 Å². The molecule has 41 heavy (non-hydrogen) atoms. The third-order valence-electron chi connectivity index (χ3n) is 7.29. The van der Waals surface area contributed by atoms with Crippen molar-refractivity contribution in [2.24, 2.45) is 0 Å². The standard InChI is InChI=1S/C27H29F4N7O3/c1-36(2)17-3-4-38(15-17)23-11-21(28)18(16-12-33-26(34-13-16)37-5-7-41-8-6-37)9-22(23)35-25(40)19-14-32-24(39)10-20(19)27(29,30)31/h9-14,17H,3-8,15H2,1-2H3,(H,32,39)(H,35,40). The number of alkyl halides is 3. The quantitative estimate of drug-likeness (QED) is 0.432. The molecule has 3 aromatic rings. The molecule has 14 heteroatoms. The molecule has 2 aliphatic heterocycles. The molecule has 1 unspecified atom stereocenters. The molecule has 1 atom stereocenters. The van der Waals surface area contributed by atoms with Gasteiger partial charge in [-0.15, -0.1) is 0 Å². The van der Waals surface area contributed by atoms with Crippen molar-refractivity contribution in [2.75, 3.05) is 68.6 Å². The van der Waals surface area contributed by atoms with Crippen molar-refractivity contribution >= 4 is 23.2 Å². The summed E-state index contributed by atoms with van der Waals surface area (Å²) < 4.78 is 61.9. The number of carbonyl (C=O) groups excluding carboxylic acids is 1. The van der Waals surface area contributed by atoms with Crippen molar-refractivity contribution in [3.8, 4) is 11.1 Å². The Morgan fingerprint density at radius 2 is 1.80 bits per heavy atom. The van der Waals surface area contributed by atoms with E-state index in [0.717, 1.165) is 12.6 Å². The summed E-state index contributed by atoms with van der Waals surface area (Å²) >= 11 is 0. The molecule has 5 rings (SSSR count). The highest BCUT2D eigenvalue weighted by atomic mass is 19.4. The summed E-state index contributed by atoms with van der Waals surface area (Å²) in [6.45, 7) is 3.40. The molecule has 0 bridgehead atoms. The van der Waals surface area contributed by atoms with E-state index in [9.17, 15) is 22.8 Å². The summed E-state index contributed by atoms with van der Waals surface area (Å²) in [5, 5.41) is 2.53. The second-order valence-corrected chi connectivity index (χ2v) is 10.1. The Morgan fingerprint density at radius 1 is 1.10 bits per heavy atom. The van der Waals surface area contributed by atoms with E-state index in [1.807, 2.05) is 28.8 Å². The zero-order chi connectivity index (χ0) is 29.3. The molecule has 0 saturated carbocycles. The van der Waals surface area contributed by atoms with E-state index in [1.165, 1.54) is 24.5 Å². The monoisotopic (exact) mass is 575 g/mol. The van der Waals surface area contributed by atoms with E-state index in [4.69, 9.17) is 4.74 Å². The van der Waals surface area contributed by atoms with Crippen LogP contribution >= 0.6 is 0 Å². The molecule has 0 spiro atoms. The Balaban J connectivity index is 1.52. The molecule has 10 nitrogen and oxygen atoms in total. The van der Waals surface area contributed by atoms with Gasteiger partial charge in [0.1, 0.15) is 5.82 Å². The molecule has 218 valence electrons. The van der Waals surface area contributed by atoms with E-state index in [1.54, 1.807) is 0 Å². The number of pyridine rings is 1. The number of rotatable bonds is 6. The van der Waals surface area contributed by atoms with Crippen LogP contribution in [0.15, 0.2) is 41.6 Å². The third-order valence-corrected chi connectivity index (χ3v) is 7.29. The predicted octanol–water partition coefficient (Wildman–Crippen LogP) is 3.22. The smallest absolute Gasteiger partial charge is 0.378 e. The van der Waals surface area contributed by atoms with Crippen LogP contribution < -0.4 is 20.7 Å². The minimum Gasteiger partial charge on any atom is -0.378 e. The average Bonchev–Trinajstić information content (AvgIpc) is 3.44. The lowest BCUT2D eigenvalue weighted by Crippen LogP contribution is -2.37. The van der Waals surface area contributed by atoms with Crippen LogP contribution in [0.1, 0.15) is 22.3 Å². The normalized spacial score (nSPS) is 17.8. The second-order valence-electron chi connectivity index (χ2n) is 10.1. The van der Waals surface area contributed by atoms with Gasteiger partial charge in [-0.25, -0.2) is 14.4 Å². The summed E-state index contributed by atoms with van der Waals surface area (Å²) in [5.74, 6) is -1.24. The van der Waals surface area contributed by atoms with E-state index in [-0.39, 0.29) is 17.3 Å². The number of ether oxygens (including phenoxy) is 1. The highest BCUT2D eigenvalue weighted by molar-refractivity contribution is 6.07. The SMILES string of the molecule is CN(C)C1CCN(c2cc(F)c(-c3cnc(N4CCOCC4)nc3)cc2NC(=O)c2c[nH]c(=O)cc2C(F)(F)F)C1. The van der Waals surface area contributed by atoms with Gasteiger partial charge in [0.15, 0.2) is 0 Å². The van der Waals surface area contributed by atoms with Crippen LogP contribution in [0.2, 0.25) is 0 Å². The van der Waals surface area contributed by atoms with E-state index in [0.29, 0.717) is 62.7 Å². The van der Waals surface area contributed by atoms with Crippen molar-refractivity contribution < 1.29 is 27.1 Å². The Morgan fingerprint density at radius 3 is 2.44 bits per heavy atom. The van der Waals surface area contributed by atoms with E-state index >= 15 is 4.39 Å². The minimum atomic E-state index is -4.94. The van der Waals surface area contributed by atoms with Crippen molar-refractivity contribution in [2.45, 2.75) is 18.6 Å². The van der Waals surface area contributed by atoms with Crippen molar-refractivity contribution in [3.63, 3.8) is 0 Å². The number of hydrogen-bond acceptors (Lipinski definition) is 8. The minimum absolute atomic E-state index is 0.0680. The van der Waals surface area contributed by atoms with E-state index in [2.05, 4.69) is 20.3 Å². The number of anilines is 3. The molecule has 1 aromatic carbocycles. The van der Waals surface area contributed by atoms with Crippen molar-refractivity contribution in [1.29, 1.82) is 0 Å². The largest absolute Gasteiger partial charge is 0.417 e. The maximum Gasteiger partial charge on any atom is 0.417 e. The highest BCUT2D eigenvalue weighted by Crippen LogP contribution is 2.37. The Hall–Kier alpha value is -4.04. The van der Waals surface area contributed by atoms with Crippen LogP contribution in [0.4, 0.5) is 34.9 Å². The number of halogens is 4. The number of aromatic nitrogens is 3. The topological polar surface area (TPSA) is 107 Å². The van der Waals surface area contributed by atoms with Gasteiger partial charge >= 0.3 is 6.18 Å². The Labute approximate surface area is 233 Å². The lowest BCUT2D eigenvalue weighted by molar-refractivity contribution is -0.138. The molecule has 2 fully saturated rings. The summed E-state index contributed by atoms with van der Waals surface area (Å²) in [6, 6.07) is 3.13. The van der Waals surface area contributed by atoms with Crippen LogP contribution in [0.25, 0.3) is 11.1 Å². The maximum atomic E-state index is 15.6. The molecule has 0 radical (unpaired) electrons. The highest BCUT2D eigenvalue weighted by Gasteiger charge is 2.36. The van der Waals surface area contributed by atoms with Gasteiger partial charge in [0.25, 0.3) is 5.91 Å².